The summed E-state index contributed by atoms with van der Waals surface area (Å²) in [5, 5.41) is 9.42. The lowest BCUT2D eigenvalue weighted by Crippen LogP contribution is -2.46. The molecule has 1 unspecified atom stereocenters. The lowest BCUT2D eigenvalue weighted by atomic mass is 10.0. The van der Waals surface area contributed by atoms with Gasteiger partial charge in [0.05, 0.1) is 6.10 Å². The van der Waals surface area contributed by atoms with E-state index in [1.807, 2.05) is 0 Å². The largest absolute Gasteiger partial charge is 0.393 e. The van der Waals surface area contributed by atoms with E-state index < -0.39 is 0 Å². The van der Waals surface area contributed by atoms with Crippen LogP contribution in [0.25, 0.3) is 0 Å². The second kappa shape index (κ2) is 4.60. The Kier molecular flexibility index (Phi) is 3.42. The molecule has 1 saturated carbocycles. The van der Waals surface area contributed by atoms with Gasteiger partial charge in [0.25, 0.3) is 0 Å². The summed E-state index contributed by atoms with van der Waals surface area (Å²) in [7, 11) is 0. The van der Waals surface area contributed by atoms with Crippen LogP contribution < -0.4 is 5.73 Å². The van der Waals surface area contributed by atoms with E-state index in [0.29, 0.717) is 6.04 Å². The van der Waals surface area contributed by atoms with Crippen LogP contribution in [0.2, 0.25) is 0 Å². The summed E-state index contributed by atoms with van der Waals surface area (Å²) in [4.78, 5) is 2.48. The minimum absolute atomic E-state index is 0.0643. The lowest BCUT2D eigenvalue weighted by Gasteiger charge is -2.35. The molecule has 3 heteroatoms. The second-order valence-corrected chi connectivity index (χ2v) is 4.84. The molecule has 82 valence electrons. The van der Waals surface area contributed by atoms with Crippen molar-refractivity contribution in [2.24, 2.45) is 11.7 Å². The monoisotopic (exact) mass is 198 g/mol. The molecule has 0 amide bonds. The third kappa shape index (κ3) is 2.69. The zero-order chi connectivity index (χ0) is 9.97. The van der Waals surface area contributed by atoms with Crippen LogP contribution in [0.5, 0.6) is 0 Å². The third-order valence-corrected chi connectivity index (χ3v) is 3.59. The fourth-order valence-corrected chi connectivity index (χ4v) is 2.38. The minimum Gasteiger partial charge on any atom is -0.393 e. The molecular formula is C11H22N2O. The highest BCUT2D eigenvalue weighted by Crippen LogP contribution is 2.34. The van der Waals surface area contributed by atoms with Gasteiger partial charge in [-0.3, -0.25) is 4.90 Å². The third-order valence-electron chi connectivity index (χ3n) is 3.59. The van der Waals surface area contributed by atoms with Crippen LogP contribution in [0, 0.1) is 5.92 Å². The maximum absolute atomic E-state index is 9.42. The van der Waals surface area contributed by atoms with Gasteiger partial charge in [0.15, 0.2) is 0 Å². The quantitative estimate of drug-likeness (QED) is 0.694. The van der Waals surface area contributed by atoms with Crippen molar-refractivity contribution in [1.82, 2.24) is 4.90 Å². The maximum Gasteiger partial charge on any atom is 0.0564 e. The first-order chi connectivity index (χ1) is 6.79. The SMILES string of the molecule is NCC(CC1CC1)N1CCC(O)CC1. The van der Waals surface area contributed by atoms with Gasteiger partial charge in [0, 0.05) is 25.7 Å². The van der Waals surface area contributed by atoms with Crippen LogP contribution in [0.15, 0.2) is 0 Å². The number of piperidine rings is 1. The molecule has 0 spiro atoms. The van der Waals surface area contributed by atoms with Gasteiger partial charge in [-0.05, 0) is 25.2 Å². The summed E-state index contributed by atoms with van der Waals surface area (Å²) in [6, 6.07) is 0.579. The molecule has 1 saturated heterocycles. The molecule has 1 aliphatic carbocycles. The second-order valence-electron chi connectivity index (χ2n) is 4.84. The van der Waals surface area contributed by atoms with Crippen LogP contribution in [0.4, 0.5) is 0 Å². The Morgan fingerprint density at radius 2 is 1.86 bits per heavy atom. The van der Waals surface area contributed by atoms with Crippen molar-refractivity contribution in [3.8, 4) is 0 Å². The molecule has 0 aromatic carbocycles. The van der Waals surface area contributed by atoms with Crippen molar-refractivity contribution >= 4 is 0 Å². The number of rotatable bonds is 4. The Morgan fingerprint density at radius 1 is 1.21 bits per heavy atom. The molecule has 1 heterocycles. The zero-order valence-electron chi connectivity index (χ0n) is 8.86. The summed E-state index contributed by atoms with van der Waals surface area (Å²) in [5.74, 6) is 0.954. The van der Waals surface area contributed by atoms with Crippen LogP contribution >= 0.6 is 0 Å². The van der Waals surface area contributed by atoms with Crippen molar-refractivity contribution in [2.75, 3.05) is 19.6 Å². The summed E-state index contributed by atoms with van der Waals surface area (Å²) in [5.41, 5.74) is 5.81. The molecule has 3 nitrogen and oxygen atoms in total. The standard InChI is InChI=1S/C11H22N2O/c12-8-10(7-9-1-2-9)13-5-3-11(14)4-6-13/h9-11,14H,1-8,12H2. The normalized spacial score (nSPS) is 27.9. The average molecular weight is 198 g/mol. The van der Waals surface area contributed by atoms with E-state index in [-0.39, 0.29) is 6.10 Å². The molecule has 0 aromatic rings. The van der Waals surface area contributed by atoms with Crippen LogP contribution in [0.1, 0.15) is 32.1 Å². The van der Waals surface area contributed by atoms with E-state index in [4.69, 9.17) is 5.73 Å². The van der Waals surface area contributed by atoms with E-state index in [1.54, 1.807) is 0 Å². The van der Waals surface area contributed by atoms with Gasteiger partial charge >= 0.3 is 0 Å². The molecule has 0 bridgehead atoms. The molecule has 14 heavy (non-hydrogen) atoms. The highest BCUT2D eigenvalue weighted by Gasteiger charge is 2.29. The zero-order valence-corrected chi connectivity index (χ0v) is 8.86. The average Bonchev–Trinajstić information content (AvgIpc) is 3.00. The molecule has 2 aliphatic rings. The minimum atomic E-state index is -0.0643. The highest BCUT2D eigenvalue weighted by molar-refractivity contribution is 4.84. The first kappa shape index (κ1) is 10.4. The van der Waals surface area contributed by atoms with E-state index in [9.17, 15) is 5.11 Å². The highest BCUT2D eigenvalue weighted by atomic mass is 16.3. The van der Waals surface area contributed by atoms with Gasteiger partial charge in [-0.25, -0.2) is 0 Å². The number of nitrogens with zero attached hydrogens (tertiary/aromatic N) is 1. The smallest absolute Gasteiger partial charge is 0.0564 e. The van der Waals surface area contributed by atoms with Crippen molar-refractivity contribution in [3.05, 3.63) is 0 Å². The van der Waals surface area contributed by atoms with Crippen LogP contribution in [-0.2, 0) is 0 Å². The number of likely N-dealkylation sites (tertiary alicyclic amines) is 1. The molecule has 1 aliphatic heterocycles. The molecule has 2 fully saturated rings. The topological polar surface area (TPSA) is 49.5 Å². The molecule has 0 aromatic heterocycles. The Labute approximate surface area is 86.3 Å². The van der Waals surface area contributed by atoms with E-state index in [0.717, 1.165) is 38.4 Å². The Balaban J connectivity index is 1.78. The van der Waals surface area contributed by atoms with Crippen LogP contribution in [-0.4, -0.2) is 41.8 Å². The molecule has 2 rings (SSSR count). The van der Waals surface area contributed by atoms with Gasteiger partial charge in [0.1, 0.15) is 0 Å². The Bertz CT molecular complexity index is 174. The van der Waals surface area contributed by atoms with Gasteiger partial charge in [-0.15, -0.1) is 0 Å². The molecule has 0 radical (unpaired) electrons. The molecular weight excluding hydrogens is 176 g/mol. The van der Waals surface area contributed by atoms with Crippen molar-refractivity contribution in [3.63, 3.8) is 0 Å². The lowest BCUT2D eigenvalue weighted by molar-refractivity contribution is 0.0590. The number of aliphatic hydroxyl groups is 1. The van der Waals surface area contributed by atoms with E-state index >= 15 is 0 Å². The van der Waals surface area contributed by atoms with Crippen LogP contribution in [0.3, 0.4) is 0 Å². The fourth-order valence-electron chi connectivity index (χ4n) is 2.38. The van der Waals surface area contributed by atoms with E-state index in [1.165, 1.54) is 19.3 Å². The van der Waals surface area contributed by atoms with Gasteiger partial charge < -0.3 is 10.8 Å². The van der Waals surface area contributed by atoms with Crippen molar-refractivity contribution in [1.29, 1.82) is 0 Å². The van der Waals surface area contributed by atoms with Crippen molar-refractivity contribution in [2.45, 2.75) is 44.2 Å². The predicted octanol–water partition coefficient (Wildman–Crippen LogP) is 0.570. The summed E-state index contributed by atoms with van der Waals surface area (Å²) < 4.78 is 0. The number of nitrogens with two attached hydrogens (primary N) is 1. The predicted molar refractivity (Wildman–Crippen MR) is 57.0 cm³/mol. The van der Waals surface area contributed by atoms with Crippen molar-refractivity contribution < 1.29 is 5.11 Å². The van der Waals surface area contributed by atoms with Gasteiger partial charge in [0.2, 0.25) is 0 Å². The Hall–Kier alpha value is -0.120. The van der Waals surface area contributed by atoms with Gasteiger partial charge in [-0.1, -0.05) is 12.8 Å². The summed E-state index contributed by atoms with van der Waals surface area (Å²) in [6.45, 7) is 2.86. The molecule has 3 N–H and O–H groups in total. The first-order valence-electron chi connectivity index (χ1n) is 5.91. The Morgan fingerprint density at radius 3 is 2.36 bits per heavy atom. The summed E-state index contributed by atoms with van der Waals surface area (Å²) >= 11 is 0. The van der Waals surface area contributed by atoms with E-state index in [2.05, 4.69) is 4.90 Å². The fraction of sp³-hybridized carbons (Fsp3) is 1.00. The number of hydrogen-bond acceptors (Lipinski definition) is 3. The first-order valence-corrected chi connectivity index (χ1v) is 5.91. The maximum atomic E-state index is 9.42. The number of hydrogen-bond donors (Lipinski definition) is 2. The number of aliphatic hydroxyl groups excluding tert-OH is 1. The van der Waals surface area contributed by atoms with Gasteiger partial charge in [-0.2, -0.15) is 0 Å². The molecule has 1 atom stereocenters. The summed E-state index contributed by atoms with van der Waals surface area (Å²) in [6.07, 6.45) is 5.90.